The maximum atomic E-state index is 4.46. The molecule has 0 radical (unpaired) electrons. The van der Waals surface area contributed by atoms with E-state index in [1.807, 2.05) is 30.3 Å². The summed E-state index contributed by atoms with van der Waals surface area (Å²) in [5.74, 6) is 0. The van der Waals surface area contributed by atoms with Crippen LogP contribution in [0.15, 0.2) is 52.7 Å². The number of rotatable bonds is 5. The van der Waals surface area contributed by atoms with Crippen molar-refractivity contribution in [1.29, 1.82) is 0 Å². The van der Waals surface area contributed by atoms with E-state index in [1.165, 1.54) is 29.5 Å². The Bertz CT molecular complexity index is 586. The summed E-state index contributed by atoms with van der Waals surface area (Å²) in [6, 6.07) is 14.1. The molecule has 2 nitrogen and oxygen atoms in total. The predicted octanol–water partition coefficient (Wildman–Crippen LogP) is 6.06. The van der Waals surface area contributed by atoms with Gasteiger partial charge in [0.2, 0.25) is 0 Å². The Kier molecular flexibility index (Phi) is 5.05. The van der Waals surface area contributed by atoms with Crippen LogP contribution in [-0.4, -0.2) is 0 Å². The zero-order chi connectivity index (χ0) is 14.4. The highest BCUT2D eigenvalue weighted by Crippen LogP contribution is 2.28. The van der Waals surface area contributed by atoms with Gasteiger partial charge in [-0.15, -0.1) is 0 Å². The van der Waals surface area contributed by atoms with E-state index in [2.05, 4.69) is 43.1 Å². The molecule has 0 unspecified atom stereocenters. The monoisotopic (exact) mass is 266 g/mol. The van der Waals surface area contributed by atoms with Crippen molar-refractivity contribution in [2.45, 2.75) is 40.0 Å². The van der Waals surface area contributed by atoms with Crippen LogP contribution in [0.3, 0.4) is 0 Å². The van der Waals surface area contributed by atoms with Crippen LogP contribution in [0.2, 0.25) is 0 Å². The summed E-state index contributed by atoms with van der Waals surface area (Å²) >= 11 is 0. The molecule has 2 aromatic rings. The molecule has 2 rings (SSSR count). The second kappa shape index (κ2) is 6.99. The number of hydrogen-bond donors (Lipinski definition) is 0. The van der Waals surface area contributed by atoms with Crippen LogP contribution in [0.5, 0.6) is 0 Å². The average Bonchev–Trinajstić information content (AvgIpc) is 2.48. The minimum atomic E-state index is 0.896. The van der Waals surface area contributed by atoms with Gasteiger partial charge in [0.25, 0.3) is 0 Å². The minimum absolute atomic E-state index is 0.896. The van der Waals surface area contributed by atoms with E-state index in [1.54, 1.807) is 0 Å². The molecule has 0 N–H and O–H groups in total. The lowest BCUT2D eigenvalue weighted by Crippen LogP contribution is -1.93. The lowest BCUT2D eigenvalue weighted by atomic mass is 9.97. The average molecular weight is 266 g/mol. The molecule has 0 aliphatic heterocycles. The molecule has 104 valence electrons. The summed E-state index contributed by atoms with van der Waals surface area (Å²) < 4.78 is 0. The highest BCUT2D eigenvalue weighted by Gasteiger charge is 2.07. The number of benzene rings is 2. The Hall–Kier alpha value is -1.96. The van der Waals surface area contributed by atoms with Crippen molar-refractivity contribution in [3.8, 4) is 0 Å². The van der Waals surface area contributed by atoms with Gasteiger partial charge in [-0.05, 0) is 61.6 Å². The van der Waals surface area contributed by atoms with E-state index < -0.39 is 0 Å². The zero-order valence-electron chi connectivity index (χ0n) is 12.6. The Morgan fingerprint density at radius 3 is 2.35 bits per heavy atom. The fraction of sp³-hybridized carbons (Fsp3) is 0.333. The second-order valence-corrected chi connectivity index (χ2v) is 5.14. The molecular weight excluding hydrogens is 244 g/mol. The van der Waals surface area contributed by atoms with Crippen molar-refractivity contribution in [1.82, 2.24) is 0 Å². The molecule has 0 aromatic heterocycles. The van der Waals surface area contributed by atoms with Crippen LogP contribution in [0.4, 0.5) is 11.4 Å². The van der Waals surface area contributed by atoms with Crippen molar-refractivity contribution >= 4 is 11.4 Å². The number of aryl methyl sites for hydroxylation is 1. The van der Waals surface area contributed by atoms with Crippen LogP contribution in [0.1, 0.15) is 36.5 Å². The molecule has 0 heterocycles. The van der Waals surface area contributed by atoms with Crippen LogP contribution < -0.4 is 0 Å². The Morgan fingerprint density at radius 2 is 1.65 bits per heavy atom. The summed E-state index contributed by atoms with van der Waals surface area (Å²) in [4.78, 5) is 0. The maximum absolute atomic E-state index is 4.46. The smallest absolute Gasteiger partial charge is 0.0891 e. The lowest BCUT2D eigenvalue weighted by molar-refractivity contribution is 0.789. The Morgan fingerprint density at radius 1 is 0.900 bits per heavy atom. The van der Waals surface area contributed by atoms with E-state index in [4.69, 9.17) is 0 Å². The fourth-order valence-electron chi connectivity index (χ4n) is 2.23. The van der Waals surface area contributed by atoms with Crippen LogP contribution in [-0.2, 0) is 6.42 Å². The molecule has 0 aliphatic rings. The summed E-state index contributed by atoms with van der Waals surface area (Å²) in [5, 5.41) is 8.80. The van der Waals surface area contributed by atoms with Gasteiger partial charge >= 0.3 is 0 Å². The van der Waals surface area contributed by atoms with Gasteiger partial charge in [-0.2, -0.15) is 10.2 Å². The molecule has 20 heavy (non-hydrogen) atoms. The van der Waals surface area contributed by atoms with Crippen molar-refractivity contribution < 1.29 is 0 Å². The minimum Gasteiger partial charge on any atom is -0.151 e. The van der Waals surface area contributed by atoms with Crippen molar-refractivity contribution in [2.24, 2.45) is 10.2 Å². The molecule has 0 saturated carbocycles. The topological polar surface area (TPSA) is 24.7 Å². The number of nitrogens with zero attached hydrogens (tertiary/aromatic N) is 2. The summed E-state index contributed by atoms with van der Waals surface area (Å²) in [7, 11) is 0. The molecular formula is C18H22N2. The van der Waals surface area contributed by atoms with E-state index in [0.717, 1.165) is 17.8 Å². The van der Waals surface area contributed by atoms with Gasteiger partial charge in [0, 0.05) is 0 Å². The quantitative estimate of drug-likeness (QED) is 0.587. The van der Waals surface area contributed by atoms with Crippen LogP contribution in [0, 0.1) is 13.8 Å². The lowest BCUT2D eigenvalue weighted by Gasteiger charge is -2.11. The third-order valence-electron chi connectivity index (χ3n) is 3.65. The predicted molar refractivity (Wildman–Crippen MR) is 85.1 cm³/mol. The fourth-order valence-corrected chi connectivity index (χ4v) is 2.23. The highest BCUT2D eigenvalue weighted by atomic mass is 15.1. The van der Waals surface area contributed by atoms with Crippen LogP contribution >= 0.6 is 0 Å². The number of unbranched alkanes of at least 4 members (excludes halogenated alkanes) is 1. The van der Waals surface area contributed by atoms with E-state index in [9.17, 15) is 0 Å². The summed E-state index contributed by atoms with van der Waals surface area (Å²) in [6.07, 6.45) is 3.47. The molecule has 0 fully saturated rings. The van der Waals surface area contributed by atoms with Gasteiger partial charge in [-0.25, -0.2) is 0 Å². The zero-order valence-corrected chi connectivity index (χ0v) is 12.6. The van der Waals surface area contributed by atoms with Crippen LogP contribution in [0.25, 0.3) is 0 Å². The third-order valence-corrected chi connectivity index (χ3v) is 3.65. The largest absolute Gasteiger partial charge is 0.151 e. The molecule has 0 bridgehead atoms. The molecule has 2 heteroatoms. The normalized spacial score (nSPS) is 11.2. The van der Waals surface area contributed by atoms with E-state index in [0.29, 0.717) is 0 Å². The van der Waals surface area contributed by atoms with E-state index >= 15 is 0 Å². The molecule has 0 aliphatic carbocycles. The Labute approximate surface area is 121 Å². The van der Waals surface area contributed by atoms with Crippen molar-refractivity contribution in [3.63, 3.8) is 0 Å². The first-order valence-electron chi connectivity index (χ1n) is 7.28. The van der Waals surface area contributed by atoms with Gasteiger partial charge in [0.05, 0.1) is 11.4 Å². The first-order valence-corrected chi connectivity index (χ1v) is 7.28. The SMILES string of the molecule is CCCCc1c(N=Nc2ccccc2)ccc(C)c1C. The molecule has 0 atom stereocenters. The van der Waals surface area contributed by atoms with Crippen molar-refractivity contribution in [2.75, 3.05) is 0 Å². The Balaban J connectivity index is 2.31. The number of azo groups is 1. The highest BCUT2D eigenvalue weighted by molar-refractivity contribution is 5.53. The second-order valence-electron chi connectivity index (χ2n) is 5.14. The molecule has 0 amide bonds. The first kappa shape index (κ1) is 14.4. The van der Waals surface area contributed by atoms with Gasteiger partial charge < -0.3 is 0 Å². The summed E-state index contributed by atoms with van der Waals surface area (Å²) in [5.41, 5.74) is 5.92. The number of hydrogen-bond acceptors (Lipinski definition) is 2. The molecule has 0 spiro atoms. The maximum Gasteiger partial charge on any atom is 0.0891 e. The van der Waals surface area contributed by atoms with Gasteiger partial charge in [0.15, 0.2) is 0 Å². The van der Waals surface area contributed by atoms with Gasteiger partial charge in [0.1, 0.15) is 0 Å². The van der Waals surface area contributed by atoms with Crippen molar-refractivity contribution in [3.05, 3.63) is 59.2 Å². The standard InChI is InChI=1S/C18H22N2/c1-4-5-11-17-15(3)14(2)12-13-18(17)20-19-16-9-7-6-8-10-16/h6-10,12-13H,4-5,11H2,1-3H3. The third kappa shape index (κ3) is 3.53. The van der Waals surface area contributed by atoms with Gasteiger partial charge in [-0.3, -0.25) is 0 Å². The summed E-state index contributed by atoms with van der Waals surface area (Å²) in [6.45, 7) is 6.56. The van der Waals surface area contributed by atoms with E-state index in [-0.39, 0.29) is 0 Å². The first-order chi connectivity index (χ1) is 9.72. The molecule has 2 aromatic carbocycles. The van der Waals surface area contributed by atoms with Gasteiger partial charge in [-0.1, -0.05) is 37.6 Å². The molecule has 0 saturated heterocycles.